The van der Waals surface area contributed by atoms with Gasteiger partial charge in [-0.3, -0.25) is 9.59 Å². The number of hydrogen-bond donors (Lipinski definition) is 0. The van der Waals surface area contributed by atoms with Crippen molar-refractivity contribution in [3.8, 4) is 5.75 Å². The summed E-state index contributed by atoms with van der Waals surface area (Å²) in [5.74, 6) is 1.72. The lowest BCUT2D eigenvalue weighted by Gasteiger charge is -2.29. The van der Waals surface area contributed by atoms with Gasteiger partial charge >= 0.3 is 0 Å². The molecule has 0 bridgehead atoms. The van der Waals surface area contributed by atoms with Crippen molar-refractivity contribution in [1.29, 1.82) is 0 Å². The quantitative estimate of drug-likeness (QED) is 0.432. The lowest BCUT2D eigenvalue weighted by atomic mass is 10.1. The van der Waals surface area contributed by atoms with E-state index in [1.165, 1.54) is 0 Å². The summed E-state index contributed by atoms with van der Waals surface area (Å²) in [4.78, 5) is 30.5. The summed E-state index contributed by atoms with van der Waals surface area (Å²) < 4.78 is 16.8. The van der Waals surface area contributed by atoms with Crippen molar-refractivity contribution in [2.75, 3.05) is 26.8 Å². The highest BCUT2D eigenvalue weighted by atomic mass is 16.5. The normalized spacial score (nSPS) is 15.1. The second-order valence-corrected chi connectivity index (χ2v) is 8.80. The Morgan fingerprint density at radius 3 is 2.51 bits per heavy atom. The van der Waals surface area contributed by atoms with Gasteiger partial charge in [0, 0.05) is 25.3 Å². The van der Waals surface area contributed by atoms with E-state index in [-0.39, 0.29) is 24.5 Å². The Hall–Kier alpha value is -3.58. The first-order chi connectivity index (χ1) is 17.0. The van der Waals surface area contributed by atoms with Crippen LogP contribution in [0.25, 0.3) is 0 Å². The Kier molecular flexibility index (Phi) is 8.21. The zero-order chi connectivity index (χ0) is 24.6. The molecule has 0 saturated carbocycles. The topological polar surface area (TPSA) is 72.2 Å². The molecule has 4 rings (SSSR count). The fraction of sp³-hybridized carbons (Fsp3) is 0.357. The van der Waals surface area contributed by atoms with E-state index in [1.807, 2.05) is 49.4 Å². The van der Waals surface area contributed by atoms with Crippen LogP contribution in [0, 0.1) is 6.92 Å². The van der Waals surface area contributed by atoms with Crippen molar-refractivity contribution in [3.05, 3.63) is 89.4 Å². The third-order valence-electron chi connectivity index (χ3n) is 6.09. The fourth-order valence-corrected chi connectivity index (χ4v) is 4.25. The van der Waals surface area contributed by atoms with Crippen molar-refractivity contribution < 1.29 is 23.5 Å². The summed E-state index contributed by atoms with van der Waals surface area (Å²) in [6.07, 6.45) is 1.75. The van der Waals surface area contributed by atoms with E-state index in [0.29, 0.717) is 43.3 Å². The molecule has 35 heavy (non-hydrogen) atoms. The number of rotatable bonds is 10. The summed E-state index contributed by atoms with van der Waals surface area (Å²) in [7, 11) is 1.56. The van der Waals surface area contributed by atoms with Crippen molar-refractivity contribution in [3.63, 3.8) is 0 Å². The Morgan fingerprint density at radius 1 is 1.00 bits per heavy atom. The van der Waals surface area contributed by atoms with Gasteiger partial charge in [0.25, 0.3) is 5.91 Å². The minimum Gasteiger partial charge on any atom is -0.497 e. The molecule has 1 aromatic heterocycles. The average molecular weight is 477 g/mol. The summed E-state index contributed by atoms with van der Waals surface area (Å²) in [6.45, 7) is 3.60. The molecule has 0 radical (unpaired) electrons. The molecule has 1 atom stereocenters. The van der Waals surface area contributed by atoms with Crippen LogP contribution in [-0.2, 0) is 22.6 Å². The van der Waals surface area contributed by atoms with Crippen LogP contribution in [-0.4, -0.2) is 54.5 Å². The maximum Gasteiger partial charge on any atom is 0.254 e. The number of amides is 2. The first-order valence-corrected chi connectivity index (χ1v) is 11.9. The largest absolute Gasteiger partial charge is 0.497 e. The number of ether oxygens (including phenoxy) is 2. The third-order valence-corrected chi connectivity index (χ3v) is 6.09. The second kappa shape index (κ2) is 11.7. The number of hydrogen-bond acceptors (Lipinski definition) is 5. The molecule has 0 aliphatic carbocycles. The van der Waals surface area contributed by atoms with Gasteiger partial charge < -0.3 is 23.7 Å². The molecule has 0 spiro atoms. The zero-order valence-corrected chi connectivity index (χ0v) is 20.3. The predicted octanol–water partition coefficient (Wildman–Crippen LogP) is 4.45. The summed E-state index contributed by atoms with van der Waals surface area (Å²) >= 11 is 0. The highest BCUT2D eigenvalue weighted by Gasteiger charge is 2.27. The summed E-state index contributed by atoms with van der Waals surface area (Å²) in [6, 6.07) is 20.6. The van der Waals surface area contributed by atoms with E-state index in [4.69, 9.17) is 13.9 Å². The Balaban J connectivity index is 1.56. The van der Waals surface area contributed by atoms with E-state index >= 15 is 0 Å². The zero-order valence-electron chi connectivity index (χ0n) is 20.3. The molecular formula is C28H32N2O5. The Bertz CT molecular complexity index is 1120. The van der Waals surface area contributed by atoms with Crippen LogP contribution in [0.2, 0.25) is 0 Å². The van der Waals surface area contributed by atoms with Crippen molar-refractivity contribution in [2.45, 2.75) is 39.0 Å². The van der Waals surface area contributed by atoms with Crippen molar-refractivity contribution in [1.82, 2.24) is 9.80 Å². The molecule has 0 N–H and O–H groups in total. The highest BCUT2D eigenvalue weighted by molar-refractivity contribution is 5.96. The molecule has 1 fully saturated rings. The number of methoxy groups -OCH3 is 1. The molecule has 1 saturated heterocycles. The molecule has 1 unspecified atom stereocenters. The maximum absolute atomic E-state index is 13.6. The lowest BCUT2D eigenvalue weighted by Crippen LogP contribution is -2.45. The van der Waals surface area contributed by atoms with Crippen LogP contribution in [0.15, 0.2) is 71.1 Å². The molecule has 2 aromatic carbocycles. The van der Waals surface area contributed by atoms with E-state index in [9.17, 15) is 9.59 Å². The van der Waals surface area contributed by atoms with Crippen molar-refractivity contribution in [2.24, 2.45) is 0 Å². The Labute approximate surface area is 206 Å². The third kappa shape index (κ3) is 6.73. The van der Waals surface area contributed by atoms with Gasteiger partial charge in [0.05, 0.1) is 19.8 Å². The lowest BCUT2D eigenvalue weighted by molar-refractivity contribution is -0.133. The number of carbonyl (C=O) groups is 2. The van der Waals surface area contributed by atoms with Crippen LogP contribution < -0.4 is 4.74 Å². The smallest absolute Gasteiger partial charge is 0.254 e. The maximum atomic E-state index is 13.6. The molecule has 7 heteroatoms. The van der Waals surface area contributed by atoms with E-state index < -0.39 is 0 Å². The fourth-order valence-electron chi connectivity index (χ4n) is 4.25. The molecule has 3 aromatic rings. The van der Waals surface area contributed by atoms with Crippen molar-refractivity contribution >= 4 is 11.8 Å². The van der Waals surface area contributed by atoms with Gasteiger partial charge in [0.1, 0.15) is 23.8 Å². The summed E-state index contributed by atoms with van der Waals surface area (Å²) in [5, 5.41) is 0. The van der Waals surface area contributed by atoms with E-state index in [2.05, 4.69) is 0 Å². The van der Waals surface area contributed by atoms with Crippen LogP contribution >= 0.6 is 0 Å². The first kappa shape index (κ1) is 24.5. The van der Waals surface area contributed by atoms with Gasteiger partial charge in [0.15, 0.2) is 0 Å². The SMILES string of the molecule is COc1cccc(C(=O)N(CC(=O)N(Cc2ccccc2)Cc2ccc(C)o2)CC2CCCO2)c1. The van der Waals surface area contributed by atoms with Crippen LogP contribution in [0.5, 0.6) is 5.75 Å². The highest BCUT2D eigenvalue weighted by Crippen LogP contribution is 2.19. The van der Waals surface area contributed by atoms with Crippen LogP contribution in [0.1, 0.15) is 40.3 Å². The molecular weight excluding hydrogens is 444 g/mol. The first-order valence-electron chi connectivity index (χ1n) is 11.9. The molecule has 1 aliphatic heterocycles. The average Bonchev–Trinajstić information content (AvgIpc) is 3.55. The number of benzene rings is 2. The standard InChI is InChI=1S/C28H32N2O5/c1-21-13-14-26(35-21)19-29(17-22-8-4-3-5-9-22)27(31)20-30(18-25-12-7-15-34-25)28(32)23-10-6-11-24(16-23)33-2/h3-6,8-11,13-14,16,25H,7,12,15,17-20H2,1-2H3. The van der Waals surface area contributed by atoms with Gasteiger partial charge in [-0.2, -0.15) is 0 Å². The molecule has 1 aliphatic rings. The second-order valence-electron chi connectivity index (χ2n) is 8.80. The molecule has 2 heterocycles. The number of carbonyl (C=O) groups excluding carboxylic acids is 2. The summed E-state index contributed by atoms with van der Waals surface area (Å²) in [5.41, 5.74) is 1.49. The molecule has 7 nitrogen and oxygen atoms in total. The molecule has 184 valence electrons. The predicted molar refractivity (Wildman–Crippen MR) is 132 cm³/mol. The number of nitrogens with zero attached hydrogens (tertiary/aromatic N) is 2. The Morgan fingerprint density at radius 2 is 1.83 bits per heavy atom. The van der Waals surface area contributed by atoms with Gasteiger partial charge in [0.2, 0.25) is 5.91 Å². The number of aryl methyl sites for hydroxylation is 1. The monoisotopic (exact) mass is 476 g/mol. The minimum absolute atomic E-state index is 0.0531. The van der Waals surface area contributed by atoms with E-state index in [1.54, 1.807) is 41.2 Å². The molecule has 2 amide bonds. The van der Waals surface area contributed by atoms with Crippen LogP contribution in [0.4, 0.5) is 0 Å². The van der Waals surface area contributed by atoms with E-state index in [0.717, 1.165) is 24.2 Å². The van der Waals surface area contributed by atoms with Gasteiger partial charge in [-0.05, 0) is 55.7 Å². The van der Waals surface area contributed by atoms with Crippen LogP contribution in [0.3, 0.4) is 0 Å². The number of furan rings is 1. The van der Waals surface area contributed by atoms with Gasteiger partial charge in [-0.1, -0.05) is 36.4 Å². The van der Waals surface area contributed by atoms with Gasteiger partial charge in [-0.15, -0.1) is 0 Å². The van der Waals surface area contributed by atoms with Gasteiger partial charge in [-0.25, -0.2) is 0 Å². The minimum atomic E-state index is -0.221.